The van der Waals surface area contributed by atoms with E-state index in [0.29, 0.717) is 11.8 Å². The average Bonchev–Trinajstić information content (AvgIpc) is 3.33. The van der Waals surface area contributed by atoms with Gasteiger partial charge in [0.2, 0.25) is 11.6 Å². The quantitative estimate of drug-likeness (QED) is 0.157. The molecule has 0 amide bonds. The van der Waals surface area contributed by atoms with Crippen LogP contribution in [-0.4, -0.2) is 11.6 Å². The van der Waals surface area contributed by atoms with E-state index in [1.54, 1.807) is 0 Å². The summed E-state index contributed by atoms with van der Waals surface area (Å²) >= 11 is 0. The van der Waals surface area contributed by atoms with Crippen molar-refractivity contribution in [1.82, 2.24) is 0 Å². The van der Waals surface area contributed by atoms with E-state index in [9.17, 15) is 9.59 Å². The molecule has 44 heavy (non-hydrogen) atoms. The molecule has 3 saturated carbocycles. The third-order valence-corrected chi connectivity index (χ3v) is 11.3. The predicted molar refractivity (Wildman–Crippen MR) is 180 cm³/mol. The second-order valence-corrected chi connectivity index (χ2v) is 13.3. The van der Waals surface area contributed by atoms with Crippen LogP contribution >= 0.6 is 0 Å². The number of carbonyl (C=O) groups is 2. The molecule has 0 aromatic heterocycles. The van der Waals surface area contributed by atoms with Crippen molar-refractivity contribution in [3.8, 4) is 22.3 Å². The summed E-state index contributed by atoms with van der Waals surface area (Å²) in [6.45, 7) is 0. The summed E-state index contributed by atoms with van der Waals surface area (Å²) in [6, 6.07) is 42.2. The van der Waals surface area contributed by atoms with Crippen LogP contribution in [0.15, 0.2) is 115 Å². The number of Topliss-reactive ketones (excluding diaryl/α,β-unsaturated/α-hetero) is 2. The van der Waals surface area contributed by atoms with Gasteiger partial charge in [-0.2, -0.15) is 0 Å². The second-order valence-electron chi connectivity index (χ2n) is 13.3. The molecule has 6 aromatic rings. The van der Waals surface area contributed by atoms with Crippen molar-refractivity contribution in [2.45, 2.75) is 38.0 Å². The van der Waals surface area contributed by atoms with E-state index in [4.69, 9.17) is 0 Å². The van der Waals surface area contributed by atoms with Gasteiger partial charge in [0.05, 0.1) is 0 Å². The van der Waals surface area contributed by atoms with Gasteiger partial charge in [0.1, 0.15) is 0 Å². The Morgan fingerprint density at radius 2 is 1.00 bits per heavy atom. The smallest absolute Gasteiger partial charge is 0.202 e. The Morgan fingerprint density at radius 3 is 1.70 bits per heavy atom. The van der Waals surface area contributed by atoms with Crippen LogP contribution in [-0.2, 0) is 9.59 Å². The molecular weight excluding hydrogens is 536 g/mol. The van der Waals surface area contributed by atoms with Crippen LogP contribution in [0.5, 0.6) is 0 Å². The van der Waals surface area contributed by atoms with Crippen LogP contribution in [0.4, 0.5) is 0 Å². The first-order chi connectivity index (χ1) is 21.7. The summed E-state index contributed by atoms with van der Waals surface area (Å²) in [5.74, 6) is 0.741. The first-order valence-corrected chi connectivity index (χ1v) is 16.3. The van der Waals surface area contributed by atoms with Crippen LogP contribution < -0.4 is 0 Å². The molecule has 0 spiro atoms. The zero-order chi connectivity index (χ0) is 29.4. The maximum Gasteiger partial charge on any atom is 0.202 e. The monoisotopic (exact) mass is 570 g/mol. The molecule has 5 unspecified atom stereocenters. The maximum atomic E-state index is 13.0. The van der Waals surface area contributed by atoms with Crippen molar-refractivity contribution < 1.29 is 9.59 Å². The fourth-order valence-corrected chi connectivity index (χ4v) is 9.48. The summed E-state index contributed by atoms with van der Waals surface area (Å²) in [5.41, 5.74) is 6.39. The average molecular weight is 571 g/mol. The van der Waals surface area contributed by atoms with Gasteiger partial charge in [-0.1, -0.05) is 116 Å². The number of fused-ring (bicyclic) bond motifs is 3. The van der Waals surface area contributed by atoms with Crippen LogP contribution in [0, 0.1) is 23.7 Å². The number of benzene rings is 6. The first-order valence-electron chi connectivity index (χ1n) is 16.3. The molecule has 2 nitrogen and oxygen atoms in total. The zero-order valence-electron chi connectivity index (χ0n) is 24.7. The molecular formula is C42H34O2. The number of hydrogen-bond donors (Lipinski definition) is 0. The number of hydrogen-bond acceptors (Lipinski definition) is 2. The lowest BCUT2D eigenvalue weighted by atomic mass is 9.58. The van der Waals surface area contributed by atoms with E-state index < -0.39 is 0 Å². The Balaban J connectivity index is 1.19. The van der Waals surface area contributed by atoms with Gasteiger partial charge in [-0.25, -0.2) is 0 Å². The van der Waals surface area contributed by atoms with E-state index >= 15 is 0 Å². The molecule has 214 valence electrons. The molecule has 3 aliphatic carbocycles. The molecule has 6 aromatic carbocycles. The third-order valence-electron chi connectivity index (χ3n) is 11.3. The summed E-state index contributed by atoms with van der Waals surface area (Å²) < 4.78 is 0. The molecule has 9 rings (SSSR count). The van der Waals surface area contributed by atoms with Crippen molar-refractivity contribution in [2.24, 2.45) is 23.7 Å². The van der Waals surface area contributed by atoms with Gasteiger partial charge in [0.15, 0.2) is 0 Å². The van der Waals surface area contributed by atoms with Crippen molar-refractivity contribution in [1.29, 1.82) is 0 Å². The lowest BCUT2D eigenvalue weighted by Crippen LogP contribution is -2.38. The summed E-state index contributed by atoms with van der Waals surface area (Å²) in [4.78, 5) is 25.9. The van der Waals surface area contributed by atoms with E-state index in [1.165, 1.54) is 60.1 Å². The SMILES string of the molecule is O=C1C(=O)C2CCC(c3c4ccccc4c(-c4ccc(-c5ccc6ccccc6c5)cc4)c4ccccc34)C3CCCC1C23. The van der Waals surface area contributed by atoms with Crippen LogP contribution in [0.25, 0.3) is 54.6 Å². The van der Waals surface area contributed by atoms with E-state index in [1.807, 2.05) is 0 Å². The van der Waals surface area contributed by atoms with Crippen molar-refractivity contribution in [3.63, 3.8) is 0 Å². The van der Waals surface area contributed by atoms with Gasteiger partial charge in [0.25, 0.3) is 0 Å². The highest BCUT2D eigenvalue weighted by molar-refractivity contribution is 6.41. The molecule has 0 saturated heterocycles. The lowest BCUT2D eigenvalue weighted by molar-refractivity contribution is -0.137. The fraction of sp³-hybridized carbons (Fsp3) is 0.238. The van der Waals surface area contributed by atoms with E-state index in [2.05, 4.69) is 115 Å². The summed E-state index contributed by atoms with van der Waals surface area (Å²) in [6.07, 6.45) is 4.87. The second kappa shape index (κ2) is 9.99. The zero-order valence-corrected chi connectivity index (χ0v) is 24.7. The largest absolute Gasteiger partial charge is 0.291 e. The van der Waals surface area contributed by atoms with Gasteiger partial charge >= 0.3 is 0 Å². The van der Waals surface area contributed by atoms with Gasteiger partial charge in [-0.05, 0) is 110 Å². The van der Waals surface area contributed by atoms with Gasteiger partial charge in [-0.15, -0.1) is 0 Å². The molecule has 3 fully saturated rings. The minimum Gasteiger partial charge on any atom is -0.291 e. The molecule has 3 aliphatic rings. The molecule has 0 bridgehead atoms. The molecule has 0 aliphatic heterocycles. The lowest BCUT2D eigenvalue weighted by Gasteiger charge is -2.45. The Labute approximate surface area is 257 Å². The number of rotatable bonds is 3. The topological polar surface area (TPSA) is 34.1 Å². The van der Waals surface area contributed by atoms with Crippen LogP contribution in [0.3, 0.4) is 0 Å². The van der Waals surface area contributed by atoms with Gasteiger partial charge < -0.3 is 0 Å². The standard InChI is InChI=1S/C42H34O2/c43-41-36-15-7-14-34-35(22-23-37(40(34)36)42(41)44)39-32-12-5-3-10-30(32)38(31-11-4-6-13-33(31)39)27-19-16-26(17-20-27)29-21-18-25-8-1-2-9-28(25)24-29/h1-6,8-13,16-21,24,34-37,40H,7,14-15,22-23H2. The Bertz CT molecular complexity index is 2050. The van der Waals surface area contributed by atoms with Crippen molar-refractivity contribution >= 4 is 43.9 Å². The number of ketones is 2. The molecule has 5 atom stereocenters. The van der Waals surface area contributed by atoms with E-state index in [-0.39, 0.29) is 29.3 Å². The summed E-state index contributed by atoms with van der Waals surface area (Å²) in [7, 11) is 0. The van der Waals surface area contributed by atoms with Crippen LogP contribution in [0.1, 0.15) is 43.6 Å². The Hall–Kier alpha value is -4.56. The third kappa shape index (κ3) is 3.80. The fourth-order valence-electron chi connectivity index (χ4n) is 9.48. The van der Waals surface area contributed by atoms with E-state index in [0.717, 1.165) is 32.1 Å². The molecule has 2 heteroatoms. The predicted octanol–water partition coefficient (Wildman–Crippen LogP) is 10.2. The molecule has 0 N–H and O–H groups in total. The Morgan fingerprint density at radius 1 is 0.455 bits per heavy atom. The maximum absolute atomic E-state index is 13.0. The highest BCUT2D eigenvalue weighted by atomic mass is 16.2. The minimum atomic E-state index is -0.0671. The van der Waals surface area contributed by atoms with Crippen LogP contribution in [0.2, 0.25) is 0 Å². The van der Waals surface area contributed by atoms with Gasteiger partial charge in [0, 0.05) is 11.8 Å². The molecule has 0 heterocycles. The van der Waals surface area contributed by atoms with Crippen molar-refractivity contribution in [3.05, 3.63) is 121 Å². The van der Waals surface area contributed by atoms with Crippen molar-refractivity contribution in [2.75, 3.05) is 0 Å². The first kappa shape index (κ1) is 25.9. The molecule has 0 radical (unpaired) electrons. The Kier molecular flexibility index (Phi) is 5.88. The van der Waals surface area contributed by atoms with Gasteiger partial charge in [-0.3, -0.25) is 9.59 Å². The highest BCUT2D eigenvalue weighted by Gasteiger charge is 2.57. The number of carbonyl (C=O) groups excluding carboxylic acids is 2. The summed E-state index contributed by atoms with van der Waals surface area (Å²) in [5, 5.41) is 7.73. The highest BCUT2D eigenvalue weighted by Crippen LogP contribution is 2.58. The normalized spacial score (nSPS) is 24.7. The minimum absolute atomic E-state index is 0.0491.